The number of furan rings is 1. The van der Waals surface area contributed by atoms with Gasteiger partial charge >= 0.3 is 0 Å². The molecule has 2 aromatic carbocycles. The lowest BCUT2D eigenvalue weighted by Crippen LogP contribution is -1.81. The third kappa shape index (κ3) is 3.97. The Hall–Kier alpha value is -2.28. The lowest BCUT2D eigenvalue weighted by Gasteiger charge is -1.97. The molecule has 0 spiro atoms. The third-order valence-corrected chi connectivity index (χ3v) is 4.40. The molecular weight excluding hydrogens is 292 g/mol. The highest BCUT2D eigenvalue weighted by atomic mass is 16.3. The van der Waals surface area contributed by atoms with Crippen molar-refractivity contribution in [2.45, 2.75) is 45.4 Å². The highest BCUT2D eigenvalue weighted by Gasteiger charge is 2.08. The molecule has 0 bridgehead atoms. The van der Waals surface area contributed by atoms with Gasteiger partial charge in [0.2, 0.25) is 0 Å². The maximum atomic E-state index is 6.07. The molecule has 3 rings (SSSR count). The first kappa shape index (κ1) is 16.6. The number of allylic oxidation sites excluding steroid dienone is 4. The maximum Gasteiger partial charge on any atom is 0.138 e. The van der Waals surface area contributed by atoms with Crippen LogP contribution in [-0.4, -0.2) is 0 Å². The smallest absolute Gasteiger partial charge is 0.138 e. The Morgan fingerprint density at radius 1 is 0.833 bits per heavy atom. The number of hydrogen-bond acceptors (Lipinski definition) is 1. The molecule has 0 N–H and O–H groups in total. The number of rotatable bonds is 8. The minimum absolute atomic E-state index is 0.917. The molecule has 0 unspecified atom stereocenters. The Bertz CT molecular complexity index is 835. The molecule has 0 radical (unpaired) electrons. The average Bonchev–Trinajstić information content (AvgIpc) is 3.00. The van der Waals surface area contributed by atoms with Gasteiger partial charge in [0.25, 0.3) is 0 Å². The Morgan fingerprint density at radius 2 is 1.67 bits per heavy atom. The standard InChI is InChI=1S/C23H26O/c1-2-3-4-5-6-7-8-9-10-14-19-15-13-17-21-20-16-11-12-18-22(20)24-23(19)21/h6-7,9-13,15-18H,2-5,8,14H2,1H3/b7-6+,10-9+. The fraction of sp³-hybridized carbons (Fsp3) is 0.304. The molecule has 1 nitrogen and oxygen atoms in total. The molecule has 0 amide bonds. The van der Waals surface area contributed by atoms with Gasteiger partial charge in [-0.15, -0.1) is 0 Å². The van der Waals surface area contributed by atoms with Gasteiger partial charge in [0.15, 0.2) is 0 Å². The van der Waals surface area contributed by atoms with Crippen molar-refractivity contribution in [1.29, 1.82) is 0 Å². The predicted molar refractivity (Wildman–Crippen MR) is 104 cm³/mol. The van der Waals surface area contributed by atoms with Crippen molar-refractivity contribution in [3.63, 3.8) is 0 Å². The van der Waals surface area contributed by atoms with Crippen molar-refractivity contribution in [3.05, 3.63) is 72.3 Å². The number of hydrogen-bond donors (Lipinski definition) is 0. The summed E-state index contributed by atoms with van der Waals surface area (Å²) in [5.41, 5.74) is 3.25. The van der Waals surface area contributed by atoms with Gasteiger partial charge in [-0.1, -0.05) is 80.5 Å². The molecule has 0 aliphatic heterocycles. The van der Waals surface area contributed by atoms with E-state index in [9.17, 15) is 0 Å². The molecule has 0 atom stereocenters. The largest absolute Gasteiger partial charge is 0.456 e. The second kappa shape index (κ2) is 8.54. The summed E-state index contributed by atoms with van der Waals surface area (Å²) in [6, 6.07) is 14.7. The zero-order valence-corrected chi connectivity index (χ0v) is 14.5. The van der Waals surface area contributed by atoms with Crippen molar-refractivity contribution in [3.8, 4) is 0 Å². The summed E-state index contributed by atoms with van der Waals surface area (Å²) in [7, 11) is 0. The van der Waals surface area contributed by atoms with Crippen LogP contribution in [0.1, 0.15) is 44.6 Å². The molecule has 1 aromatic heterocycles. The highest BCUT2D eigenvalue weighted by Crippen LogP contribution is 2.30. The van der Waals surface area contributed by atoms with Gasteiger partial charge in [-0.05, 0) is 37.3 Å². The molecule has 1 heteroatoms. The van der Waals surface area contributed by atoms with E-state index in [0.29, 0.717) is 0 Å². The number of unbranched alkanes of at least 4 members (excludes halogenated alkanes) is 3. The molecule has 3 aromatic rings. The first-order valence-electron chi connectivity index (χ1n) is 9.09. The van der Waals surface area contributed by atoms with Crippen LogP contribution >= 0.6 is 0 Å². The van der Waals surface area contributed by atoms with Gasteiger partial charge in [0, 0.05) is 10.8 Å². The van der Waals surface area contributed by atoms with E-state index in [4.69, 9.17) is 4.42 Å². The summed E-state index contributed by atoms with van der Waals surface area (Å²) in [6.07, 6.45) is 16.2. The normalized spacial score (nSPS) is 12.2. The van der Waals surface area contributed by atoms with Gasteiger partial charge in [-0.25, -0.2) is 0 Å². The van der Waals surface area contributed by atoms with Gasteiger partial charge in [0.05, 0.1) is 0 Å². The molecule has 24 heavy (non-hydrogen) atoms. The van der Waals surface area contributed by atoms with Crippen LogP contribution in [-0.2, 0) is 6.42 Å². The van der Waals surface area contributed by atoms with Crippen LogP contribution in [0, 0.1) is 0 Å². The Kier molecular flexibility index (Phi) is 5.90. The van der Waals surface area contributed by atoms with Gasteiger partial charge in [-0.3, -0.25) is 0 Å². The highest BCUT2D eigenvalue weighted by molar-refractivity contribution is 6.05. The molecule has 0 saturated heterocycles. The molecule has 1 heterocycles. The summed E-state index contributed by atoms with van der Waals surface area (Å²) >= 11 is 0. The SMILES string of the molecule is CCCCC/C=C/C/C=C/Cc1cccc2c1oc1ccccc12. The fourth-order valence-electron chi connectivity index (χ4n) is 3.08. The van der Waals surface area contributed by atoms with E-state index < -0.39 is 0 Å². The summed E-state index contributed by atoms with van der Waals surface area (Å²) < 4.78 is 6.07. The van der Waals surface area contributed by atoms with E-state index in [1.165, 1.54) is 42.0 Å². The van der Waals surface area contributed by atoms with Gasteiger partial charge in [0.1, 0.15) is 11.2 Å². The predicted octanol–water partition coefficient (Wildman–Crippen LogP) is 7.21. The van der Waals surface area contributed by atoms with Crippen LogP contribution in [0.2, 0.25) is 0 Å². The minimum Gasteiger partial charge on any atom is -0.456 e. The van der Waals surface area contributed by atoms with Gasteiger partial charge in [-0.2, -0.15) is 0 Å². The zero-order chi connectivity index (χ0) is 16.6. The third-order valence-electron chi connectivity index (χ3n) is 4.40. The first-order chi connectivity index (χ1) is 11.9. The molecular formula is C23H26O. The molecule has 0 aliphatic rings. The van der Waals surface area contributed by atoms with Crippen LogP contribution in [0.3, 0.4) is 0 Å². The zero-order valence-electron chi connectivity index (χ0n) is 14.5. The monoisotopic (exact) mass is 318 g/mol. The Morgan fingerprint density at radius 3 is 2.58 bits per heavy atom. The number of benzene rings is 2. The van der Waals surface area contributed by atoms with Crippen molar-refractivity contribution in [2.24, 2.45) is 0 Å². The molecule has 124 valence electrons. The Labute approximate surface area is 144 Å². The molecule has 0 fully saturated rings. The van der Waals surface area contributed by atoms with Crippen LogP contribution in [0.25, 0.3) is 21.9 Å². The van der Waals surface area contributed by atoms with Crippen molar-refractivity contribution < 1.29 is 4.42 Å². The maximum absolute atomic E-state index is 6.07. The topological polar surface area (TPSA) is 13.1 Å². The summed E-state index contributed by atoms with van der Waals surface area (Å²) in [4.78, 5) is 0. The van der Waals surface area contributed by atoms with Crippen molar-refractivity contribution in [2.75, 3.05) is 0 Å². The summed E-state index contributed by atoms with van der Waals surface area (Å²) in [6.45, 7) is 2.25. The van der Waals surface area contributed by atoms with Crippen LogP contribution in [0.5, 0.6) is 0 Å². The minimum atomic E-state index is 0.917. The summed E-state index contributed by atoms with van der Waals surface area (Å²) in [5, 5.41) is 2.42. The number of fused-ring (bicyclic) bond motifs is 3. The van der Waals surface area contributed by atoms with Crippen molar-refractivity contribution in [1.82, 2.24) is 0 Å². The van der Waals surface area contributed by atoms with Crippen LogP contribution in [0.4, 0.5) is 0 Å². The van der Waals surface area contributed by atoms with Gasteiger partial charge < -0.3 is 4.42 Å². The van der Waals surface area contributed by atoms with E-state index in [1.807, 2.05) is 12.1 Å². The molecule has 0 aliphatic carbocycles. The van der Waals surface area contributed by atoms with E-state index in [2.05, 4.69) is 61.6 Å². The lowest BCUT2D eigenvalue weighted by molar-refractivity contribution is 0.664. The number of para-hydroxylation sites is 2. The quantitative estimate of drug-likeness (QED) is 0.316. The fourth-order valence-corrected chi connectivity index (χ4v) is 3.08. The first-order valence-corrected chi connectivity index (χ1v) is 9.09. The van der Waals surface area contributed by atoms with E-state index in [1.54, 1.807) is 0 Å². The molecule has 0 saturated carbocycles. The lowest BCUT2D eigenvalue weighted by atomic mass is 10.1. The average molecular weight is 318 g/mol. The second-order valence-corrected chi connectivity index (χ2v) is 6.27. The summed E-state index contributed by atoms with van der Waals surface area (Å²) in [5.74, 6) is 0. The van der Waals surface area contributed by atoms with E-state index >= 15 is 0 Å². The van der Waals surface area contributed by atoms with E-state index in [-0.39, 0.29) is 0 Å². The Balaban J connectivity index is 1.62. The van der Waals surface area contributed by atoms with E-state index in [0.717, 1.165) is 24.0 Å². The van der Waals surface area contributed by atoms with Crippen molar-refractivity contribution >= 4 is 21.9 Å². The van der Waals surface area contributed by atoms with Crippen LogP contribution in [0.15, 0.2) is 71.2 Å². The second-order valence-electron chi connectivity index (χ2n) is 6.27. The van der Waals surface area contributed by atoms with Crippen LogP contribution < -0.4 is 0 Å².